The van der Waals surface area contributed by atoms with Gasteiger partial charge in [-0.1, -0.05) is 6.07 Å². The molecule has 0 atom stereocenters. The van der Waals surface area contributed by atoms with Crippen LogP contribution in [-0.4, -0.2) is 22.7 Å². The van der Waals surface area contributed by atoms with Gasteiger partial charge in [-0.05, 0) is 25.1 Å². The minimum Gasteiger partial charge on any atom is -0.478 e. The SMILES string of the molecule is CCOc1ccc(Nc2c(N)cccc2C(=O)O)cn1. The maximum Gasteiger partial charge on any atom is 0.337 e. The Morgan fingerprint density at radius 2 is 2.20 bits per heavy atom. The third kappa shape index (κ3) is 2.97. The largest absolute Gasteiger partial charge is 0.478 e. The number of nitrogen functional groups attached to an aromatic ring is 1. The standard InChI is InChI=1S/C14H15N3O3/c1-2-20-12-7-6-9(8-16-12)17-13-10(14(18)19)4-3-5-11(13)15/h3-8,17H,2,15H2,1H3,(H,18,19). The predicted octanol–water partition coefficient (Wildman–Crippen LogP) is 2.50. The van der Waals surface area contributed by atoms with Gasteiger partial charge in [-0.15, -0.1) is 0 Å². The van der Waals surface area contributed by atoms with E-state index in [1.165, 1.54) is 6.07 Å². The van der Waals surface area contributed by atoms with E-state index in [-0.39, 0.29) is 5.56 Å². The number of nitrogens with one attached hydrogen (secondary N) is 1. The minimum atomic E-state index is -1.04. The lowest BCUT2D eigenvalue weighted by atomic mass is 10.1. The van der Waals surface area contributed by atoms with Crippen molar-refractivity contribution in [3.63, 3.8) is 0 Å². The zero-order valence-corrected chi connectivity index (χ0v) is 11.0. The van der Waals surface area contributed by atoms with Gasteiger partial charge in [0.25, 0.3) is 0 Å². The molecular formula is C14H15N3O3. The quantitative estimate of drug-likeness (QED) is 0.724. The van der Waals surface area contributed by atoms with Crippen LogP contribution in [0, 0.1) is 0 Å². The molecule has 0 aliphatic heterocycles. The molecule has 1 aromatic carbocycles. The first kappa shape index (κ1) is 13.7. The average Bonchev–Trinajstić information content (AvgIpc) is 2.43. The molecule has 0 aliphatic carbocycles. The molecular weight excluding hydrogens is 258 g/mol. The van der Waals surface area contributed by atoms with Gasteiger partial charge in [0.15, 0.2) is 0 Å². The third-order valence-corrected chi connectivity index (χ3v) is 2.62. The molecule has 2 rings (SSSR count). The summed E-state index contributed by atoms with van der Waals surface area (Å²) in [5, 5.41) is 12.1. The van der Waals surface area contributed by atoms with Crippen LogP contribution < -0.4 is 15.8 Å². The van der Waals surface area contributed by atoms with Gasteiger partial charge in [0.1, 0.15) is 0 Å². The van der Waals surface area contributed by atoms with E-state index in [1.54, 1.807) is 30.5 Å². The number of para-hydroxylation sites is 1. The van der Waals surface area contributed by atoms with Gasteiger partial charge in [-0.25, -0.2) is 9.78 Å². The van der Waals surface area contributed by atoms with Crippen LogP contribution in [0.3, 0.4) is 0 Å². The monoisotopic (exact) mass is 273 g/mol. The van der Waals surface area contributed by atoms with E-state index in [4.69, 9.17) is 15.6 Å². The Kier molecular flexibility index (Phi) is 4.05. The fraction of sp³-hybridized carbons (Fsp3) is 0.143. The highest BCUT2D eigenvalue weighted by Gasteiger charge is 2.12. The topological polar surface area (TPSA) is 97.5 Å². The highest BCUT2D eigenvalue weighted by molar-refractivity contribution is 5.98. The summed E-state index contributed by atoms with van der Waals surface area (Å²) in [6.07, 6.45) is 1.56. The van der Waals surface area contributed by atoms with Gasteiger partial charge in [-0.3, -0.25) is 0 Å². The Bertz CT molecular complexity index is 612. The van der Waals surface area contributed by atoms with Crippen LogP contribution in [0.5, 0.6) is 5.88 Å². The number of anilines is 3. The second-order valence-electron chi connectivity index (χ2n) is 4.02. The van der Waals surface area contributed by atoms with Gasteiger partial charge in [0.05, 0.1) is 35.4 Å². The predicted molar refractivity (Wildman–Crippen MR) is 76.5 cm³/mol. The van der Waals surface area contributed by atoms with E-state index in [9.17, 15) is 4.79 Å². The number of nitrogens with two attached hydrogens (primary N) is 1. The molecule has 1 heterocycles. The number of rotatable bonds is 5. The molecule has 2 aromatic rings. The smallest absolute Gasteiger partial charge is 0.337 e. The molecule has 0 spiro atoms. The number of aromatic carboxylic acids is 1. The Hall–Kier alpha value is -2.76. The first-order valence-corrected chi connectivity index (χ1v) is 6.09. The van der Waals surface area contributed by atoms with Crippen LogP contribution in [0.2, 0.25) is 0 Å². The first-order valence-electron chi connectivity index (χ1n) is 6.09. The number of nitrogens with zero attached hydrogens (tertiary/aromatic N) is 1. The van der Waals surface area contributed by atoms with Crippen molar-refractivity contribution in [1.82, 2.24) is 4.98 Å². The fourth-order valence-electron chi connectivity index (χ4n) is 1.72. The van der Waals surface area contributed by atoms with Gasteiger partial charge >= 0.3 is 5.97 Å². The summed E-state index contributed by atoms with van der Waals surface area (Å²) in [6.45, 7) is 2.41. The number of hydrogen-bond donors (Lipinski definition) is 3. The van der Waals surface area contributed by atoms with Crippen LogP contribution in [0.15, 0.2) is 36.5 Å². The Balaban J connectivity index is 2.27. The summed E-state index contributed by atoms with van der Waals surface area (Å²) >= 11 is 0. The zero-order valence-electron chi connectivity index (χ0n) is 11.0. The molecule has 1 aromatic heterocycles. The molecule has 104 valence electrons. The molecule has 0 aliphatic rings. The number of carboxylic acid groups (broad SMARTS) is 1. The molecule has 0 saturated carbocycles. The van der Waals surface area contributed by atoms with Crippen LogP contribution in [0.1, 0.15) is 17.3 Å². The van der Waals surface area contributed by atoms with Crippen molar-refractivity contribution in [3.8, 4) is 5.88 Å². The van der Waals surface area contributed by atoms with Gasteiger partial charge in [0, 0.05) is 6.07 Å². The van der Waals surface area contributed by atoms with Crippen LogP contribution >= 0.6 is 0 Å². The number of aromatic nitrogens is 1. The molecule has 4 N–H and O–H groups in total. The van der Waals surface area contributed by atoms with Crippen molar-refractivity contribution in [2.45, 2.75) is 6.92 Å². The summed E-state index contributed by atoms with van der Waals surface area (Å²) in [4.78, 5) is 15.3. The summed E-state index contributed by atoms with van der Waals surface area (Å²) in [6, 6.07) is 8.17. The van der Waals surface area contributed by atoms with Gasteiger partial charge in [-0.2, -0.15) is 0 Å². The lowest BCUT2D eigenvalue weighted by Gasteiger charge is -2.12. The second kappa shape index (κ2) is 5.92. The number of carboxylic acids is 1. The lowest BCUT2D eigenvalue weighted by Crippen LogP contribution is -2.06. The maximum absolute atomic E-state index is 11.2. The number of ether oxygens (including phenoxy) is 1. The van der Waals surface area contributed by atoms with Crippen LogP contribution in [0.25, 0.3) is 0 Å². The molecule has 0 bridgehead atoms. The number of hydrogen-bond acceptors (Lipinski definition) is 5. The van der Waals surface area contributed by atoms with Gasteiger partial charge < -0.3 is 20.9 Å². The van der Waals surface area contributed by atoms with Crippen molar-refractivity contribution in [3.05, 3.63) is 42.1 Å². The molecule has 20 heavy (non-hydrogen) atoms. The highest BCUT2D eigenvalue weighted by atomic mass is 16.5. The van der Waals surface area contributed by atoms with E-state index >= 15 is 0 Å². The molecule has 6 nitrogen and oxygen atoms in total. The van der Waals surface area contributed by atoms with Crippen molar-refractivity contribution in [1.29, 1.82) is 0 Å². The van der Waals surface area contributed by atoms with Crippen molar-refractivity contribution in [2.24, 2.45) is 0 Å². The van der Waals surface area contributed by atoms with Crippen molar-refractivity contribution in [2.75, 3.05) is 17.7 Å². The number of benzene rings is 1. The molecule has 6 heteroatoms. The normalized spacial score (nSPS) is 10.1. The fourth-order valence-corrected chi connectivity index (χ4v) is 1.72. The van der Waals surface area contributed by atoms with E-state index in [0.717, 1.165) is 0 Å². The Morgan fingerprint density at radius 1 is 1.40 bits per heavy atom. The second-order valence-corrected chi connectivity index (χ2v) is 4.02. The van der Waals surface area contributed by atoms with E-state index in [0.29, 0.717) is 29.5 Å². The average molecular weight is 273 g/mol. The maximum atomic E-state index is 11.2. The number of pyridine rings is 1. The molecule has 0 unspecified atom stereocenters. The Morgan fingerprint density at radius 3 is 2.80 bits per heavy atom. The molecule has 0 fully saturated rings. The van der Waals surface area contributed by atoms with Crippen molar-refractivity contribution >= 4 is 23.0 Å². The third-order valence-electron chi connectivity index (χ3n) is 2.62. The van der Waals surface area contributed by atoms with Crippen LogP contribution in [0.4, 0.5) is 17.1 Å². The van der Waals surface area contributed by atoms with E-state index < -0.39 is 5.97 Å². The highest BCUT2D eigenvalue weighted by Crippen LogP contribution is 2.27. The minimum absolute atomic E-state index is 0.110. The Labute approximate surface area is 116 Å². The molecule has 0 radical (unpaired) electrons. The van der Waals surface area contributed by atoms with E-state index in [2.05, 4.69) is 10.3 Å². The first-order chi connectivity index (χ1) is 9.61. The van der Waals surface area contributed by atoms with Crippen molar-refractivity contribution < 1.29 is 14.6 Å². The number of carbonyl (C=O) groups is 1. The lowest BCUT2D eigenvalue weighted by molar-refractivity contribution is 0.0698. The summed E-state index contributed by atoms with van der Waals surface area (Å²) in [5.74, 6) is -0.531. The van der Waals surface area contributed by atoms with E-state index in [1.807, 2.05) is 6.92 Å². The zero-order chi connectivity index (χ0) is 14.5. The van der Waals surface area contributed by atoms with Crippen LogP contribution in [-0.2, 0) is 0 Å². The van der Waals surface area contributed by atoms with Gasteiger partial charge in [0.2, 0.25) is 5.88 Å². The summed E-state index contributed by atoms with van der Waals surface area (Å²) in [7, 11) is 0. The molecule has 0 saturated heterocycles. The summed E-state index contributed by atoms with van der Waals surface area (Å²) < 4.78 is 5.24. The molecule has 0 amide bonds. The summed E-state index contributed by atoms with van der Waals surface area (Å²) in [5.41, 5.74) is 7.27.